The summed E-state index contributed by atoms with van der Waals surface area (Å²) in [5.74, 6) is 0. The highest BCUT2D eigenvalue weighted by molar-refractivity contribution is 7.93. The van der Waals surface area contributed by atoms with Crippen LogP contribution in [0.2, 0.25) is 0 Å². The molecule has 20 heavy (non-hydrogen) atoms. The monoisotopic (exact) mass is 297 g/mol. The Kier molecular flexibility index (Phi) is 4.62. The summed E-state index contributed by atoms with van der Waals surface area (Å²) in [5, 5.41) is 15.3. The van der Waals surface area contributed by atoms with Crippen molar-refractivity contribution in [3.05, 3.63) is 12.4 Å². The maximum atomic E-state index is 12.0. The predicted molar refractivity (Wildman–Crippen MR) is 75.6 cm³/mol. The van der Waals surface area contributed by atoms with Gasteiger partial charge in [0.2, 0.25) is 10.0 Å². The molecule has 2 rings (SSSR count). The van der Waals surface area contributed by atoms with Gasteiger partial charge < -0.3 is 5.32 Å². The fourth-order valence-electron chi connectivity index (χ4n) is 2.28. The molecule has 0 radical (unpaired) electrons. The van der Waals surface area contributed by atoms with E-state index in [-0.39, 0.29) is 6.42 Å². The number of anilines is 1. The van der Waals surface area contributed by atoms with Gasteiger partial charge in [0.15, 0.2) is 5.25 Å². The number of nitrogens with one attached hydrogen (secondary N) is 2. The molecule has 7 nitrogen and oxygen atoms in total. The molecule has 1 aliphatic heterocycles. The molecule has 0 amide bonds. The van der Waals surface area contributed by atoms with E-state index in [0.29, 0.717) is 11.7 Å². The van der Waals surface area contributed by atoms with Crippen LogP contribution in [0.3, 0.4) is 0 Å². The second-order valence-electron chi connectivity index (χ2n) is 4.86. The van der Waals surface area contributed by atoms with Crippen LogP contribution in [0.25, 0.3) is 0 Å². The average molecular weight is 297 g/mol. The van der Waals surface area contributed by atoms with E-state index in [9.17, 15) is 8.42 Å². The van der Waals surface area contributed by atoms with Gasteiger partial charge in [-0.1, -0.05) is 6.92 Å². The summed E-state index contributed by atoms with van der Waals surface area (Å²) in [5.41, 5.74) is 0.414. The fourth-order valence-corrected chi connectivity index (χ4v) is 3.43. The molecule has 1 fully saturated rings. The Morgan fingerprint density at radius 3 is 2.90 bits per heavy atom. The maximum absolute atomic E-state index is 12.0. The molecule has 0 bridgehead atoms. The number of hydrogen-bond acceptors (Lipinski definition) is 5. The molecule has 1 aromatic rings. The first-order valence-corrected chi connectivity index (χ1v) is 8.27. The van der Waals surface area contributed by atoms with Gasteiger partial charge in [0.05, 0.1) is 24.0 Å². The summed E-state index contributed by atoms with van der Waals surface area (Å²) in [4.78, 5) is 0. The lowest BCUT2D eigenvalue weighted by Gasteiger charge is -2.22. The van der Waals surface area contributed by atoms with Gasteiger partial charge in [-0.05, 0) is 32.4 Å². The van der Waals surface area contributed by atoms with Gasteiger partial charge in [0.1, 0.15) is 0 Å². The van der Waals surface area contributed by atoms with Crippen LogP contribution >= 0.6 is 0 Å². The second-order valence-corrected chi connectivity index (χ2v) is 6.73. The molecule has 0 spiro atoms. The van der Waals surface area contributed by atoms with Crippen LogP contribution in [0.4, 0.5) is 5.69 Å². The Balaban J connectivity index is 2.08. The second kappa shape index (κ2) is 6.24. The topological polar surface area (TPSA) is 99.8 Å². The molecule has 1 saturated heterocycles. The van der Waals surface area contributed by atoms with Gasteiger partial charge in [-0.15, -0.1) is 0 Å². The largest absolute Gasteiger partial charge is 0.317 e. The van der Waals surface area contributed by atoms with Crippen LogP contribution in [0, 0.1) is 11.3 Å². The van der Waals surface area contributed by atoms with Crippen LogP contribution < -0.4 is 10.0 Å². The Morgan fingerprint density at radius 1 is 1.60 bits per heavy atom. The van der Waals surface area contributed by atoms with Crippen LogP contribution in [0.15, 0.2) is 12.4 Å². The SMILES string of the molecule is CCC(C#N)S(=O)(=O)Nc1cnn(C2CCNCC2)c1. The van der Waals surface area contributed by atoms with Crippen LogP contribution in [-0.4, -0.2) is 36.5 Å². The molecular weight excluding hydrogens is 278 g/mol. The fraction of sp³-hybridized carbons (Fsp3) is 0.667. The smallest absolute Gasteiger partial charge is 0.249 e. The number of nitriles is 1. The van der Waals surface area contributed by atoms with E-state index in [2.05, 4.69) is 15.1 Å². The average Bonchev–Trinajstić information content (AvgIpc) is 2.88. The van der Waals surface area contributed by atoms with Crippen molar-refractivity contribution in [3.8, 4) is 6.07 Å². The zero-order valence-electron chi connectivity index (χ0n) is 11.4. The van der Waals surface area contributed by atoms with Crippen molar-refractivity contribution in [3.63, 3.8) is 0 Å². The lowest BCUT2D eigenvalue weighted by atomic mass is 10.1. The van der Waals surface area contributed by atoms with E-state index in [0.717, 1.165) is 25.9 Å². The van der Waals surface area contributed by atoms with E-state index >= 15 is 0 Å². The first-order chi connectivity index (χ1) is 9.56. The Labute approximate surface area is 119 Å². The normalized spacial score (nSPS) is 18.4. The Morgan fingerprint density at radius 2 is 2.30 bits per heavy atom. The highest BCUT2D eigenvalue weighted by Crippen LogP contribution is 2.20. The summed E-state index contributed by atoms with van der Waals surface area (Å²) in [6.07, 6.45) is 5.39. The molecular formula is C12H19N5O2S. The number of nitrogens with zero attached hydrogens (tertiary/aromatic N) is 3. The zero-order valence-corrected chi connectivity index (χ0v) is 12.2. The van der Waals surface area contributed by atoms with Crippen molar-refractivity contribution in [2.45, 2.75) is 37.5 Å². The van der Waals surface area contributed by atoms with E-state index < -0.39 is 15.3 Å². The lowest BCUT2D eigenvalue weighted by molar-refractivity contribution is 0.343. The molecule has 0 aromatic carbocycles. The Hall–Kier alpha value is -1.59. The van der Waals surface area contributed by atoms with Gasteiger partial charge in [-0.3, -0.25) is 9.40 Å². The number of sulfonamides is 1. The third kappa shape index (κ3) is 3.29. The molecule has 0 saturated carbocycles. The molecule has 1 aliphatic rings. The summed E-state index contributed by atoms with van der Waals surface area (Å²) in [6, 6.07) is 2.10. The number of hydrogen-bond donors (Lipinski definition) is 2. The molecule has 8 heteroatoms. The van der Waals surface area contributed by atoms with Gasteiger partial charge in [0, 0.05) is 6.20 Å². The van der Waals surface area contributed by atoms with E-state index in [4.69, 9.17) is 5.26 Å². The minimum absolute atomic E-state index is 0.258. The minimum Gasteiger partial charge on any atom is -0.317 e. The van der Waals surface area contributed by atoms with E-state index in [1.165, 1.54) is 6.20 Å². The molecule has 110 valence electrons. The summed E-state index contributed by atoms with van der Waals surface area (Å²) < 4.78 is 28.2. The molecule has 2 N–H and O–H groups in total. The van der Waals surface area contributed by atoms with Crippen molar-refractivity contribution in [2.24, 2.45) is 0 Å². The highest BCUT2D eigenvalue weighted by Gasteiger charge is 2.24. The van der Waals surface area contributed by atoms with Crippen molar-refractivity contribution in [1.82, 2.24) is 15.1 Å². The van der Waals surface area contributed by atoms with Crippen molar-refractivity contribution in [2.75, 3.05) is 17.8 Å². The third-order valence-corrected chi connectivity index (χ3v) is 5.14. The minimum atomic E-state index is -3.67. The molecule has 1 unspecified atom stereocenters. The lowest BCUT2D eigenvalue weighted by Crippen LogP contribution is -2.29. The van der Waals surface area contributed by atoms with Crippen molar-refractivity contribution >= 4 is 15.7 Å². The van der Waals surface area contributed by atoms with Gasteiger partial charge in [0.25, 0.3) is 0 Å². The van der Waals surface area contributed by atoms with Crippen molar-refractivity contribution < 1.29 is 8.42 Å². The highest BCUT2D eigenvalue weighted by atomic mass is 32.2. The third-order valence-electron chi connectivity index (χ3n) is 3.43. The predicted octanol–water partition coefficient (Wildman–Crippen LogP) is 0.851. The molecule has 1 aromatic heterocycles. The van der Waals surface area contributed by atoms with Crippen LogP contribution in [0.5, 0.6) is 0 Å². The van der Waals surface area contributed by atoms with Crippen LogP contribution in [0.1, 0.15) is 32.2 Å². The number of rotatable bonds is 5. The zero-order chi connectivity index (χ0) is 14.6. The van der Waals surface area contributed by atoms with E-state index in [1.807, 2.05) is 0 Å². The molecule has 0 aliphatic carbocycles. The quantitative estimate of drug-likeness (QED) is 0.839. The molecule has 2 heterocycles. The maximum Gasteiger partial charge on any atom is 0.249 e. The van der Waals surface area contributed by atoms with Gasteiger partial charge in [-0.25, -0.2) is 8.42 Å². The summed E-state index contributed by atoms with van der Waals surface area (Å²) in [6.45, 7) is 3.56. The van der Waals surface area contributed by atoms with Crippen molar-refractivity contribution in [1.29, 1.82) is 5.26 Å². The first-order valence-electron chi connectivity index (χ1n) is 6.73. The number of aromatic nitrogens is 2. The van der Waals surface area contributed by atoms with E-state index in [1.54, 1.807) is 23.9 Å². The summed E-state index contributed by atoms with van der Waals surface area (Å²) in [7, 11) is -3.67. The standard InChI is InChI=1S/C12H19N5O2S/c1-2-12(7-13)20(18,19)16-10-8-15-17(9-10)11-3-5-14-6-4-11/h8-9,11-12,14,16H,2-6H2,1H3. The van der Waals surface area contributed by atoms with Gasteiger partial charge >= 0.3 is 0 Å². The number of piperidine rings is 1. The van der Waals surface area contributed by atoms with Gasteiger partial charge in [-0.2, -0.15) is 10.4 Å². The molecule has 1 atom stereocenters. The first kappa shape index (κ1) is 14.8. The Bertz CT molecular complexity index is 583. The van der Waals surface area contributed by atoms with Crippen LogP contribution in [-0.2, 0) is 10.0 Å². The summed E-state index contributed by atoms with van der Waals surface area (Å²) >= 11 is 0.